The number of rotatable bonds is 9. The summed E-state index contributed by atoms with van der Waals surface area (Å²) in [5.41, 5.74) is 1.55. The molecule has 118 valence electrons. The zero-order chi connectivity index (χ0) is 15.5. The Hall–Kier alpha value is -1.18. The fourth-order valence-electron chi connectivity index (χ4n) is 2.21. The highest BCUT2D eigenvalue weighted by Crippen LogP contribution is 2.23. The van der Waals surface area contributed by atoms with E-state index in [9.17, 15) is 8.42 Å². The Morgan fingerprint density at radius 3 is 2.81 bits per heavy atom. The number of aromatic amines is 1. The molecular formula is C14H24N4O2S. The number of aryl methyl sites for hydroxylation is 1. The second kappa shape index (κ2) is 6.72. The Balaban J connectivity index is 2.26. The van der Waals surface area contributed by atoms with Crippen molar-refractivity contribution in [3.8, 4) is 0 Å². The van der Waals surface area contributed by atoms with Crippen molar-refractivity contribution in [2.45, 2.75) is 50.7 Å². The van der Waals surface area contributed by atoms with E-state index in [0.717, 1.165) is 30.5 Å². The number of hydrogen-bond donors (Lipinski definition) is 2. The molecule has 0 aliphatic heterocycles. The molecule has 2 N–H and O–H groups in total. The molecule has 0 aromatic carbocycles. The Bertz CT molecular complexity index is 590. The highest BCUT2D eigenvalue weighted by atomic mass is 32.2. The van der Waals surface area contributed by atoms with Gasteiger partial charge >= 0.3 is 0 Å². The van der Waals surface area contributed by atoms with Crippen LogP contribution >= 0.6 is 0 Å². The normalized spacial score (nSPS) is 15.6. The van der Waals surface area contributed by atoms with Crippen molar-refractivity contribution in [3.63, 3.8) is 0 Å². The van der Waals surface area contributed by atoms with Crippen LogP contribution in [-0.4, -0.2) is 42.1 Å². The molecular weight excluding hydrogens is 288 g/mol. The van der Waals surface area contributed by atoms with Crippen LogP contribution in [0.1, 0.15) is 37.4 Å². The van der Waals surface area contributed by atoms with Gasteiger partial charge in [-0.2, -0.15) is 9.40 Å². The highest BCUT2D eigenvalue weighted by molar-refractivity contribution is 7.89. The van der Waals surface area contributed by atoms with Crippen LogP contribution in [-0.2, 0) is 16.6 Å². The Kier molecular flexibility index (Phi) is 5.18. The molecule has 1 aromatic rings. The molecule has 1 aliphatic rings. The third kappa shape index (κ3) is 3.72. The molecule has 21 heavy (non-hydrogen) atoms. The van der Waals surface area contributed by atoms with Gasteiger partial charge in [0.2, 0.25) is 0 Å². The molecule has 0 saturated heterocycles. The molecule has 0 amide bonds. The first-order valence-electron chi connectivity index (χ1n) is 7.39. The molecule has 1 fully saturated rings. The molecule has 1 aliphatic carbocycles. The third-order valence-corrected chi connectivity index (χ3v) is 5.41. The fraction of sp³-hybridized carbons (Fsp3) is 0.643. The van der Waals surface area contributed by atoms with E-state index in [1.807, 2.05) is 13.8 Å². The van der Waals surface area contributed by atoms with Crippen molar-refractivity contribution < 1.29 is 8.42 Å². The summed E-state index contributed by atoms with van der Waals surface area (Å²) in [7, 11) is -3.58. The summed E-state index contributed by atoms with van der Waals surface area (Å²) in [4.78, 5) is 0. The minimum atomic E-state index is -3.58. The predicted octanol–water partition coefficient (Wildman–Crippen LogP) is 1.56. The predicted molar refractivity (Wildman–Crippen MR) is 82.4 cm³/mol. The van der Waals surface area contributed by atoms with Crippen LogP contribution in [0.5, 0.6) is 0 Å². The van der Waals surface area contributed by atoms with E-state index in [1.165, 1.54) is 4.31 Å². The van der Waals surface area contributed by atoms with Crippen molar-refractivity contribution in [1.29, 1.82) is 0 Å². The molecule has 0 atom stereocenters. The Labute approximate surface area is 126 Å². The van der Waals surface area contributed by atoms with Crippen LogP contribution in [0.3, 0.4) is 0 Å². The summed E-state index contributed by atoms with van der Waals surface area (Å²) in [6, 6.07) is 0.523. The van der Waals surface area contributed by atoms with Crippen LogP contribution < -0.4 is 5.32 Å². The molecule has 2 rings (SSSR count). The van der Waals surface area contributed by atoms with Crippen LogP contribution in [0.15, 0.2) is 17.7 Å². The van der Waals surface area contributed by atoms with E-state index in [4.69, 9.17) is 0 Å². The fourth-order valence-corrected chi connectivity index (χ4v) is 3.88. The van der Waals surface area contributed by atoms with Crippen LogP contribution in [0.4, 0.5) is 0 Å². The minimum absolute atomic E-state index is 0.142. The average molecular weight is 312 g/mol. The molecule has 0 radical (unpaired) electrons. The molecule has 1 saturated carbocycles. The van der Waals surface area contributed by atoms with E-state index in [2.05, 4.69) is 22.1 Å². The van der Waals surface area contributed by atoms with Crippen molar-refractivity contribution in [1.82, 2.24) is 19.8 Å². The maximum Gasteiger partial charge on any atom is 0.262 e. The van der Waals surface area contributed by atoms with E-state index >= 15 is 0 Å². The smallest absolute Gasteiger partial charge is 0.262 e. The topological polar surface area (TPSA) is 78.1 Å². The molecule has 1 heterocycles. The quantitative estimate of drug-likeness (QED) is 0.678. The number of nitrogens with one attached hydrogen (secondary N) is 2. The van der Waals surface area contributed by atoms with Gasteiger partial charge in [0.25, 0.3) is 10.0 Å². The summed E-state index contributed by atoms with van der Waals surface area (Å²) in [5, 5.41) is 10.3. The van der Waals surface area contributed by atoms with E-state index < -0.39 is 10.0 Å². The zero-order valence-corrected chi connectivity index (χ0v) is 13.5. The number of nitrogens with zero attached hydrogens (tertiary/aromatic N) is 2. The van der Waals surface area contributed by atoms with Gasteiger partial charge in [-0.1, -0.05) is 13.0 Å². The lowest BCUT2D eigenvalue weighted by Crippen LogP contribution is -2.33. The number of aromatic nitrogens is 2. The van der Waals surface area contributed by atoms with E-state index in [-0.39, 0.29) is 5.03 Å². The van der Waals surface area contributed by atoms with Gasteiger partial charge in [-0.15, -0.1) is 6.58 Å². The van der Waals surface area contributed by atoms with Gasteiger partial charge in [0.15, 0.2) is 5.03 Å². The largest absolute Gasteiger partial charge is 0.310 e. The van der Waals surface area contributed by atoms with Gasteiger partial charge in [0.1, 0.15) is 0 Å². The average Bonchev–Trinajstić information content (AvgIpc) is 3.19. The molecule has 0 spiro atoms. The molecule has 6 nitrogen and oxygen atoms in total. The minimum Gasteiger partial charge on any atom is -0.310 e. The van der Waals surface area contributed by atoms with Crippen molar-refractivity contribution in [2.75, 3.05) is 13.1 Å². The lowest BCUT2D eigenvalue weighted by Gasteiger charge is -2.19. The summed E-state index contributed by atoms with van der Waals surface area (Å²) in [6.07, 6.45) is 4.69. The van der Waals surface area contributed by atoms with Crippen LogP contribution in [0.2, 0.25) is 0 Å². The van der Waals surface area contributed by atoms with Gasteiger partial charge in [0, 0.05) is 36.9 Å². The second-order valence-electron chi connectivity index (χ2n) is 5.44. The first-order valence-corrected chi connectivity index (χ1v) is 8.83. The van der Waals surface area contributed by atoms with Crippen molar-refractivity contribution in [3.05, 3.63) is 23.9 Å². The SMILES string of the molecule is C=CCN(CCC)S(=O)(=O)c1n[nH]c(C)c1CNC1CC1. The maximum absolute atomic E-state index is 12.8. The van der Waals surface area contributed by atoms with Gasteiger partial charge in [-0.05, 0) is 26.2 Å². The first kappa shape index (κ1) is 16.2. The van der Waals surface area contributed by atoms with Gasteiger partial charge < -0.3 is 5.32 Å². The summed E-state index contributed by atoms with van der Waals surface area (Å²) in [5.74, 6) is 0. The number of sulfonamides is 1. The van der Waals surface area contributed by atoms with Crippen molar-refractivity contribution >= 4 is 10.0 Å². The molecule has 1 aromatic heterocycles. The number of H-pyrrole nitrogens is 1. The van der Waals surface area contributed by atoms with Gasteiger partial charge in [-0.3, -0.25) is 5.10 Å². The van der Waals surface area contributed by atoms with Gasteiger partial charge in [-0.25, -0.2) is 8.42 Å². The summed E-state index contributed by atoms with van der Waals surface area (Å²) in [6.45, 7) is 8.76. The van der Waals surface area contributed by atoms with E-state index in [0.29, 0.717) is 25.7 Å². The van der Waals surface area contributed by atoms with Crippen LogP contribution in [0.25, 0.3) is 0 Å². The second-order valence-corrected chi connectivity index (χ2v) is 7.29. The summed E-state index contributed by atoms with van der Waals surface area (Å²) >= 11 is 0. The highest BCUT2D eigenvalue weighted by Gasteiger charge is 2.30. The molecule has 7 heteroatoms. The van der Waals surface area contributed by atoms with Crippen LogP contribution in [0, 0.1) is 6.92 Å². The molecule has 0 bridgehead atoms. The summed E-state index contributed by atoms with van der Waals surface area (Å²) < 4.78 is 27.0. The third-order valence-electron chi connectivity index (χ3n) is 3.57. The Morgan fingerprint density at radius 2 is 2.24 bits per heavy atom. The lowest BCUT2D eigenvalue weighted by molar-refractivity contribution is 0.438. The Morgan fingerprint density at radius 1 is 1.52 bits per heavy atom. The van der Waals surface area contributed by atoms with Gasteiger partial charge in [0.05, 0.1) is 0 Å². The first-order chi connectivity index (χ1) is 10.0. The van der Waals surface area contributed by atoms with Crippen molar-refractivity contribution in [2.24, 2.45) is 0 Å². The standard InChI is InChI=1S/C14H24N4O2S/c1-4-8-18(9-5-2)21(19,20)14-13(11(3)16-17-14)10-15-12-6-7-12/h4,12,15H,1,5-10H2,2-3H3,(H,16,17). The van der Waals surface area contributed by atoms with E-state index in [1.54, 1.807) is 6.08 Å². The monoisotopic (exact) mass is 312 g/mol. The molecule has 0 unspecified atom stereocenters. The number of hydrogen-bond acceptors (Lipinski definition) is 4. The zero-order valence-electron chi connectivity index (χ0n) is 12.7. The maximum atomic E-state index is 12.8. The lowest BCUT2D eigenvalue weighted by atomic mass is 10.2.